The third-order valence-electron chi connectivity index (χ3n) is 3.90. The van der Waals surface area contributed by atoms with E-state index in [4.69, 9.17) is 23.7 Å². The summed E-state index contributed by atoms with van der Waals surface area (Å²) in [7, 11) is 0. The maximum Gasteiger partial charge on any atom is 0.303 e. The quantitative estimate of drug-likeness (QED) is 0.298. The smallest absolute Gasteiger partial charge is 0.303 e. The molecule has 0 aromatic carbocycles. The highest BCUT2D eigenvalue weighted by atomic mass is 16.7. The summed E-state index contributed by atoms with van der Waals surface area (Å²) in [6, 6.07) is 1.72. The van der Waals surface area contributed by atoms with Crippen LogP contribution in [0.1, 0.15) is 34.1 Å². The molecule has 0 spiro atoms. The molecule has 5 atom stereocenters. The number of nitrogens with zero attached hydrogens (tertiary/aromatic N) is 1. The Morgan fingerprint density at radius 1 is 1.00 bits per heavy atom. The fourth-order valence-electron chi connectivity index (χ4n) is 2.91. The lowest BCUT2D eigenvalue weighted by Crippen LogP contribution is -2.72. The van der Waals surface area contributed by atoms with E-state index >= 15 is 0 Å². The van der Waals surface area contributed by atoms with E-state index in [-0.39, 0.29) is 6.42 Å². The van der Waals surface area contributed by atoms with Gasteiger partial charge in [-0.1, -0.05) is 6.08 Å². The molecule has 31 heavy (non-hydrogen) atoms. The second-order valence-corrected chi connectivity index (χ2v) is 6.53. The van der Waals surface area contributed by atoms with Crippen LogP contribution >= 0.6 is 0 Å². The van der Waals surface area contributed by atoms with E-state index in [2.05, 4.69) is 11.9 Å². The van der Waals surface area contributed by atoms with Crippen LogP contribution in [0.4, 0.5) is 0 Å². The Hall–Kier alpha value is -3.46. The maximum atomic E-state index is 12.2. The zero-order valence-electron chi connectivity index (χ0n) is 17.5. The van der Waals surface area contributed by atoms with E-state index in [0.717, 1.165) is 27.7 Å². The summed E-state index contributed by atoms with van der Waals surface area (Å²) >= 11 is 0. The minimum atomic E-state index is -2.37. The van der Waals surface area contributed by atoms with Gasteiger partial charge in [0.25, 0.3) is 5.72 Å². The Morgan fingerprint density at radius 3 is 2.00 bits per heavy atom. The molecule has 1 saturated heterocycles. The average Bonchev–Trinajstić information content (AvgIpc) is 2.64. The van der Waals surface area contributed by atoms with Crippen LogP contribution < -0.4 is 5.32 Å². The molecule has 0 saturated carbocycles. The fraction of sp³-hybridized carbons (Fsp3) is 0.579. The Bertz CT molecular complexity index is 789. The number of esters is 4. The lowest BCUT2D eigenvalue weighted by atomic mass is 9.90. The van der Waals surface area contributed by atoms with Crippen LogP contribution in [0.5, 0.6) is 0 Å². The van der Waals surface area contributed by atoms with Crippen LogP contribution in [0.3, 0.4) is 0 Å². The first-order chi connectivity index (χ1) is 14.5. The number of nitriles is 1. The van der Waals surface area contributed by atoms with Gasteiger partial charge in [-0.2, -0.15) is 5.26 Å². The standard InChI is InChI=1S/C19H24N2O10/c1-6-7-15(26)21-19(9-20)18(30-13(5)25)17(29-12(4)24)16(28-11(3)23)14(31-19)8-27-10(2)22/h6,14,16-18H,1,7-8H2,2-5H3,(H,21,26)/t14-,16+,17+,18-,19+/m1/s1. The van der Waals surface area contributed by atoms with Crippen molar-refractivity contribution in [3.05, 3.63) is 12.7 Å². The molecule has 1 heterocycles. The highest BCUT2D eigenvalue weighted by Crippen LogP contribution is 2.34. The Labute approximate surface area is 178 Å². The van der Waals surface area contributed by atoms with Gasteiger partial charge in [-0.05, 0) is 0 Å². The summed E-state index contributed by atoms with van der Waals surface area (Å²) in [5, 5.41) is 12.2. The molecule has 0 aromatic heterocycles. The lowest BCUT2D eigenvalue weighted by Gasteiger charge is -2.48. The van der Waals surface area contributed by atoms with Crippen molar-refractivity contribution in [1.82, 2.24) is 5.32 Å². The second kappa shape index (κ2) is 11.1. The monoisotopic (exact) mass is 440 g/mol. The third-order valence-corrected chi connectivity index (χ3v) is 3.90. The van der Waals surface area contributed by atoms with Gasteiger partial charge in [-0.25, -0.2) is 0 Å². The molecule has 1 rings (SSSR count). The second-order valence-electron chi connectivity index (χ2n) is 6.53. The summed E-state index contributed by atoms with van der Waals surface area (Å²) < 4.78 is 26.2. The molecule has 0 aliphatic carbocycles. The molecule has 0 unspecified atom stereocenters. The average molecular weight is 440 g/mol. The van der Waals surface area contributed by atoms with Gasteiger partial charge in [0, 0.05) is 34.1 Å². The van der Waals surface area contributed by atoms with Crippen molar-refractivity contribution in [2.75, 3.05) is 6.61 Å². The number of amides is 1. The lowest BCUT2D eigenvalue weighted by molar-refractivity contribution is -0.277. The minimum absolute atomic E-state index is 0.222. The predicted molar refractivity (Wildman–Crippen MR) is 99.5 cm³/mol. The number of ether oxygens (including phenoxy) is 5. The van der Waals surface area contributed by atoms with Gasteiger partial charge in [0.2, 0.25) is 12.0 Å². The molecular weight excluding hydrogens is 416 g/mol. The van der Waals surface area contributed by atoms with E-state index in [0.29, 0.717) is 0 Å². The number of rotatable bonds is 8. The van der Waals surface area contributed by atoms with Gasteiger partial charge in [0.15, 0.2) is 12.2 Å². The summed E-state index contributed by atoms with van der Waals surface area (Å²) in [4.78, 5) is 58.7. The molecule has 170 valence electrons. The fourth-order valence-corrected chi connectivity index (χ4v) is 2.91. The Kier molecular flexibility index (Phi) is 9.14. The van der Waals surface area contributed by atoms with Crippen LogP contribution in [-0.4, -0.2) is 66.5 Å². The number of carbonyl (C=O) groups is 5. The topological polar surface area (TPSA) is 167 Å². The molecule has 1 fully saturated rings. The molecule has 0 aromatic rings. The molecule has 1 aliphatic heterocycles. The van der Waals surface area contributed by atoms with E-state index in [9.17, 15) is 29.2 Å². The molecule has 0 bridgehead atoms. The van der Waals surface area contributed by atoms with Gasteiger partial charge >= 0.3 is 23.9 Å². The first kappa shape index (κ1) is 25.6. The van der Waals surface area contributed by atoms with Crippen LogP contribution in [0, 0.1) is 11.3 Å². The highest BCUT2D eigenvalue weighted by Gasteiger charge is 2.61. The van der Waals surface area contributed by atoms with Crippen molar-refractivity contribution in [3.63, 3.8) is 0 Å². The van der Waals surface area contributed by atoms with Crippen molar-refractivity contribution >= 4 is 29.8 Å². The summed E-state index contributed by atoms with van der Waals surface area (Å²) in [6.07, 6.45) is -5.09. The number of hydrogen-bond donors (Lipinski definition) is 1. The predicted octanol–water partition coefficient (Wildman–Crippen LogP) is -0.344. The van der Waals surface area contributed by atoms with Crippen LogP contribution in [0.15, 0.2) is 12.7 Å². The minimum Gasteiger partial charge on any atom is -0.463 e. The summed E-state index contributed by atoms with van der Waals surface area (Å²) in [6.45, 7) is 7.12. The van der Waals surface area contributed by atoms with Gasteiger partial charge in [0.1, 0.15) is 18.8 Å². The molecule has 1 N–H and O–H groups in total. The number of nitrogens with one attached hydrogen (secondary N) is 1. The van der Waals surface area contributed by atoms with Gasteiger partial charge < -0.3 is 29.0 Å². The van der Waals surface area contributed by atoms with Crippen molar-refractivity contribution < 1.29 is 47.7 Å². The SMILES string of the molecule is C=CCC(=O)N[C@@]1(C#N)O[C@H](COC(C)=O)[C@H](OC(C)=O)[C@H](OC(C)=O)[C@H]1OC(C)=O. The Morgan fingerprint density at radius 2 is 1.55 bits per heavy atom. The van der Waals surface area contributed by atoms with E-state index in [1.165, 1.54) is 6.08 Å². The first-order valence-electron chi connectivity index (χ1n) is 9.11. The van der Waals surface area contributed by atoms with E-state index in [1.807, 2.05) is 0 Å². The molecule has 1 aliphatic rings. The highest BCUT2D eigenvalue weighted by molar-refractivity contribution is 5.79. The van der Waals surface area contributed by atoms with Gasteiger partial charge in [-0.15, -0.1) is 6.58 Å². The van der Waals surface area contributed by atoms with Gasteiger partial charge in [0.05, 0.1) is 0 Å². The zero-order chi connectivity index (χ0) is 23.8. The maximum absolute atomic E-state index is 12.2. The van der Waals surface area contributed by atoms with Crippen LogP contribution in [0.25, 0.3) is 0 Å². The van der Waals surface area contributed by atoms with Crippen LogP contribution in [-0.2, 0) is 47.7 Å². The summed E-state index contributed by atoms with van der Waals surface area (Å²) in [5.41, 5.74) is -2.37. The zero-order valence-corrected chi connectivity index (χ0v) is 17.5. The van der Waals surface area contributed by atoms with E-state index < -0.39 is 66.5 Å². The Balaban J connectivity index is 3.59. The molecule has 12 heteroatoms. The number of carbonyl (C=O) groups excluding carboxylic acids is 5. The van der Waals surface area contributed by atoms with Crippen LogP contribution in [0.2, 0.25) is 0 Å². The van der Waals surface area contributed by atoms with Crippen molar-refractivity contribution in [3.8, 4) is 6.07 Å². The first-order valence-corrected chi connectivity index (χ1v) is 9.11. The van der Waals surface area contributed by atoms with Gasteiger partial charge in [-0.3, -0.25) is 24.0 Å². The largest absolute Gasteiger partial charge is 0.463 e. The van der Waals surface area contributed by atoms with Crippen molar-refractivity contribution in [1.29, 1.82) is 5.26 Å². The normalized spacial score (nSPS) is 27.1. The van der Waals surface area contributed by atoms with E-state index in [1.54, 1.807) is 6.07 Å². The number of hydrogen-bond acceptors (Lipinski definition) is 11. The summed E-state index contributed by atoms with van der Waals surface area (Å²) in [5.74, 6) is -4.03. The third kappa shape index (κ3) is 7.07. The molecular formula is C19H24N2O10. The molecule has 12 nitrogen and oxygen atoms in total. The van der Waals surface area contributed by atoms with Crippen molar-refractivity contribution in [2.45, 2.75) is 64.3 Å². The molecule has 0 radical (unpaired) electrons. The van der Waals surface area contributed by atoms with Crippen molar-refractivity contribution in [2.24, 2.45) is 0 Å². The molecule has 1 amide bonds.